The van der Waals surface area contributed by atoms with Crippen molar-refractivity contribution in [3.05, 3.63) is 29.8 Å². The van der Waals surface area contributed by atoms with Crippen LogP contribution in [0.1, 0.15) is 17.3 Å². The second-order valence-electron chi connectivity index (χ2n) is 4.67. The summed E-state index contributed by atoms with van der Waals surface area (Å²) < 4.78 is 31.1. The number of nitrogens with zero attached hydrogens (tertiary/aromatic N) is 1. The van der Waals surface area contributed by atoms with Gasteiger partial charge in [0.1, 0.15) is 0 Å². The minimum Gasteiger partial charge on any atom is -0.375 e. The van der Waals surface area contributed by atoms with Crippen LogP contribution in [-0.4, -0.2) is 52.1 Å². The molecule has 0 saturated carbocycles. The Morgan fingerprint density at radius 1 is 1.45 bits per heavy atom. The van der Waals surface area contributed by atoms with Gasteiger partial charge in [0.2, 0.25) is 10.0 Å². The third-order valence-corrected chi connectivity index (χ3v) is 4.60. The molecule has 1 aliphatic heterocycles. The van der Waals surface area contributed by atoms with E-state index in [2.05, 4.69) is 4.72 Å². The van der Waals surface area contributed by atoms with Crippen molar-refractivity contribution in [1.82, 2.24) is 9.62 Å². The molecule has 1 N–H and O–H groups in total. The van der Waals surface area contributed by atoms with Gasteiger partial charge < -0.3 is 9.64 Å². The van der Waals surface area contributed by atoms with Crippen molar-refractivity contribution in [2.45, 2.75) is 17.9 Å². The molecule has 2 rings (SSSR count). The molecule has 1 saturated heterocycles. The molecule has 1 aliphatic rings. The summed E-state index contributed by atoms with van der Waals surface area (Å²) >= 11 is 0. The molecular weight excluding hydrogens is 280 g/mol. The predicted octanol–water partition coefficient (Wildman–Crippen LogP) is 0.456. The number of carbonyl (C=O) groups is 1. The fourth-order valence-electron chi connectivity index (χ4n) is 2.10. The van der Waals surface area contributed by atoms with E-state index in [1.165, 1.54) is 19.2 Å². The molecule has 0 radical (unpaired) electrons. The summed E-state index contributed by atoms with van der Waals surface area (Å²) in [5, 5.41) is 0. The first-order chi connectivity index (χ1) is 9.44. The molecule has 20 heavy (non-hydrogen) atoms. The minimum atomic E-state index is -3.54. The topological polar surface area (TPSA) is 75.7 Å². The molecule has 1 atom stereocenters. The molecule has 1 amide bonds. The number of ether oxygens (including phenoxy) is 1. The van der Waals surface area contributed by atoms with E-state index in [0.717, 1.165) is 0 Å². The third kappa shape index (κ3) is 3.17. The highest BCUT2D eigenvalue weighted by molar-refractivity contribution is 7.89. The van der Waals surface area contributed by atoms with Crippen LogP contribution in [0.2, 0.25) is 0 Å². The predicted molar refractivity (Wildman–Crippen MR) is 74.0 cm³/mol. The molecule has 1 aromatic rings. The monoisotopic (exact) mass is 298 g/mol. The van der Waals surface area contributed by atoms with Crippen LogP contribution in [-0.2, 0) is 14.8 Å². The van der Waals surface area contributed by atoms with Gasteiger partial charge in [0, 0.05) is 18.7 Å². The Hall–Kier alpha value is -1.44. The number of hydrogen-bond acceptors (Lipinski definition) is 4. The van der Waals surface area contributed by atoms with Gasteiger partial charge in [0.25, 0.3) is 5.91 Å². The zero-order chi connectivity index (χ0) is 14.8. The molecule has 1 aromatic carbocycles. The molecule has 0 unspecified atom stereocenters. The lowest BCUT2D eigenvalue weighted by molar-refractivity contribution is -0.0124. The highest BCUT2D eigenvalue weighted by atomic mass is 32.2. The average Bonchev–Trinajstić information content (AvgIpc) is 2.46. The van der Waals surface area contributed by atoms with Crippen LogP contribution in [0.4, 0.5) is 0 Å². The van der Waals surface area contributed by atoms with Gasteiger partial charge in [-0.25, -0.2) is 13.1 Å². The summed E-state index contributed by atoms with van der Waals surface area (Å²) in [6, 6.07) is 6.05. The first-order valence-electron chi connectivity index (χ1n) is 6.38. The maximum Gasteiger partial charge on any atom is 0.254 e. The van der Waals surface area contributed by atoms with Crippen molar-refractivity contribution in [1.29, 1.82) is 0 Å². The Balaban J connectivity index is 2.25. The average molecular weight is 298 g/mol. The van der Waals surface area contributed by atoms with Gasteiger partial charge >= 0.3 is 0 Å². The molecule has 1 fully saturated rings. The Bertz CT molecular complexity index is 600. The van der Waals surface area contributed by atoms with Gasteiger partial charge in [-0.05, 0) is 32.2 Å². The van der Waals surface area contributed by atoms with Gasteiger partial charge in [-0.15, -0.1) is 0 Å². The van der Waals surface area contributed by atoms with Gasteiger partial charge in [0.05, 0.1) is 17.6 Å². The first kappa shape index (κ1) is 15.0. The minimum absolute atomic E-state index is 0.00285. The second kappa shape index (κ2) is 5.90. The van der Waals surface area contributed by atoms with E-state index in [9.17, 15) is 13.2 Å². The number of amides is 1. The molecule has 6 nitrogen and oxygen atoms in total. The van der Waals surface area contributed by atoms with Gasteiger partial charge in [-0.1, -0.05) is 6.07 Å². The molecule has 110 valence electrons. The van der Waals surface area contributed by atoms with Crippen molar-refractivity contribution in [3.63, 3.8) is 0 Å². The van der Waals surface area contributed by atoms with E-state index in [0.29, 0.717) is 25.3 Å². The molecule has 1 heterocycles. The third-order valence-electron chi connectivity index (χ3n) is 3.19. The normalized spacial score (nSPS) is 19.9. The highest BCUT2D eigenvalue weighted by Gasteiger charge is 2.23. The summed E-state index contributed by atoms with van der Waals surface area (Å²) in [5.41, 5.74) is 0.371. The van der Waals surface area contributed by atoms with Crippen LogP contribution in [0.25, 0.3) is 0 Å². The van der Waals surface area contributed by atoms with Crippen molar-refractivity contribution >= 4 is 15.9 Å². The fraction of sp³-hybridized carbons (Fsp3) is 0.462. The van der Waals surface area contributed by atoms with E-state index in [4.69, 9.17) is 4.74 Å². The Morgan fingerprint density at radius 3 is 2.85 bits per heavy atom. The lowest BCUT2D eigenvalue weighted by atomic mass is 10.2. The molecule has 7 heteroatoms. The number of morpholine rings is 1. The van der Waals surface area contributed by atoms with E-state index in [-0.39, 0.29) is 16.9 Å². The Labute approximate surface area is 118 Å². The number of benzene rings is 1. The standard InChI is InChI=1S/C13H18N2O4S/c1-10-9-15(6-7-19-10)13(16)11-4-3-5-12(8-11)20(17,18)14-2/h3-5,8,10,14H,6-7,9H2,1-2H3/t10-/m0/s1. The quantitative estimate of drug-likeness (QED) is 0.879. The summed E-state index contributed by atoms with van der Waals surface area (Å²) in [6.07, 6.45) is -0.00285. The Morgan fingerprint density at radius 2 is 2.20 bits per heavy atom. The summed E-state index contributed by atoms with van der Waals surface area (Å²) in [5.74, 6) is -0.173. The van der Waals surface area contributed by atoms with Crippen molar-refractivity contribution in [3.8, 4) is 0 Å². The summed E-state index contributed by atoms with van der Waals surface area (Å²) in [4.78, 5) is 14.1. The number of hydrogen-bond donors (Lipinski definition) is 1. The van der Waals surface area contributed by atoms with Crippen LogP contribution in [0.5, 0.6) is 0 Å². The van der Waals surface area contributed by atoms with Gasteiger partial charge in [-0.3, -0.25) is 4.79 Å². The lowest BCUT2D eigenvalue weighted by Gasteiger charge is -2.31. The van der Waals surface area contributed by atoms with E-state index < -0.39 is 10.0 Å². The van der Waals surface area contributed by atoms with Crippen molar-refractivity contribution in [2.75, 3.05) is 26.7 Å². The molecule has 0 bridgehead atoms. The van der Waals surface area contributed by atoms with Crippen LogP contribution in [0.3, 0.4) is 0 Å². The van der Waals surface area contributed by atoms with Crippen LogP contribution >= 0.6 is 0 Å². The Kier molecular flexibility index (Phi) is 4.42. The van der Waals surface area contributed by atoms with E-state index in [1.54, 1.807) is 17.0 Å². The summed E-state index contributed by atoms with van der Waals surface area (Å²) in [7, 11) is -2.20. The van der Waals surface area contributed by atoms with Gasteiger partial charge in [0.15, 0.2) is 0 Å². The molecule has 0 aromatic heterocycles. The first-order valence-corrected chi connectivity index (χ1v) is 7.87. The van der Waals surface area contributed by atoms with Crippen molar-refractivity contribution in [2.24, 2.45) is 0 Å². The zero-order valence-corrected chi connectivity index (χ0v) is 12.3. The fourth-order valence-corrected chi connectivity index (χ4v) is 2.88. The van der Waals surface area contributed by atoms with Gasteiger partial charge in [-0.2, -0.15) is 0 Å². The molecular formula is C13H18N2O4S. The number of rotatable bonds is 3. The molecule has 0 aliphatic carbocycles. The number of sulfonamides is 1. The lowest BCUT2D eigenvalue weighted by Crippen LogP contribution is -2.44. The smallest absolute Gasteiger partial charge is 0.254 e. The SMILES string of the molecule is CNS(=O)(=O)c1cccc(C(=O)N2CCO[C@@H](C)C2)c1. The molecule has 0 spiro atoms. The number of nitrogens with one attached hydrogen (secondary N) is 1. The van der Waals surface area contributed by atoms with Crippen LogP contribution in [0, 0.1) is 0 Å². The van der Waals surface area contributed by atoms with E-state index in [1.807, 2.05) is 6.92 Å². The maximum absolute atomic E-state index is 12.4. The van der Waals surface area contributed by atoms with Crippen LogP contribution in [0.15, 0.2) is 29.2 Å². The van der Waals surface area contributed by atoms with Crippen molar-refractivity contribution < 1.29 is 17.9 Å². The van der Waals surface area contributed by atoms with E-state index >= 15 is 0 Å². The summed E-state index contributed by atoms with van der Waals surface area (Å²) in [6.45, 7) is 3.44. The maximum atomic E-state index is 12.4. The van der Waals surface area contributed by atoms with Crippen LogP contribution < -0.4 is 4.72 Å². The largest absolute Gasteiger partial charge is 0.375 e. The number of carbonyl (C=O) groups excluding carboxylic acids is 1. The second-order valence-corrected chi connectivity index (χ2v) is 6.55. The highest BCUT2D eigenvalue weighted by Crippen LogP contribution is 2.15. The zero-order valence-electron chi connectivity index (χ0n) is 11.5.